The Labute approximate surface area is 163 Å². The van der Waals surface area contributed by atoms with Crippen LogP contribution in [0.25, 0.3) is 0 Å². The van der Waals surface area contributed by atoms with Gasteiger partial charge >= 0.3 is 0 Å². The Morgan fingerprint density at radius 1 is 1.11 bits per heavy atom. The summed E-state index contributed by atoms with van der Waals surface area (Å²) < 4.78 is 53.2. The first-order valence-corrected chi connectivity index (χ1v) is 10.5. The average molecular weight is 407 g/mol. The van der Waals surface area contributed by atoms with E-state index in [1.54, 1.807) is 6.07 Å². The molecule has 28 heavy (non-hydrogen) atoms. The van der Waals surface area contributed by atoms with Crippen LogP contribution in [0.4, 0.5) is 15.8 Å². The van der Waals surface area contributed by atoms with Crippen molar-refractivity contribution < 1.29 is 22.3 Å². The molecule has 150 valence electrons. The van der Waals surface area contributed by atoms with Crippen LogP contribution in [-0.4, -0.2) is 54.9 Å². The van der Waals surface area contributed by atoms with Gasteiger partial charge in [0.25, 0.3) is 10.0 Å². The molecule has 2 aliphatic rings. The zero-order valence-electron chi connectivity index (χ0n) is 15.5. The van der Waals surface area contributed by atoms with Crippen molar-refractivity contribution in [2.75, 3.05) is 55.6 Å². The fourth-order valence-electron chi connectivity index (χ4n) is 3.54. The highest BCUT2D eigenvalue weighted by molar-refractivity contribution is 7.92. The van der Waals surface area contributed by atoms with Gasteiger partial charge in [-0.3, -0.25) is 4.31 Å². The number of nitrogens with zero attached hydrogens (tertiary/aromatic N) is 2. The third kappa shape index (κ3) is 3.24. The van der Waals surface area contributed by atoms with Gasteiger partial charge in [0.05, 0.1) is 25.0 Å². The Morgan fingerprint density at radius 2 is 1.82 bits per heavy atom. The van der Waals surface area contributed by atoms with Gasteiger partial charge in [-0.05, 0) is 12.1 Å². The largest absolute Gasteiger partial charge is 0.497 e. The maximum Gasteiger partial charge on any atom is 0.267 e. The van der Waals surface area contributed by atoms with Gasteiger partial charge in [-0.25, -0.2) is 12.8 Å². The Kier molecular flexibility index (Phi) is 5.03. The van der Waals surface area contributed by atoms with Crippen LogP contribution in [0, 0.1) is 5.82 Å². The highest BCUT2D eigenvalue weighted by atomic mass is 32.2. The molecule has 1 fully saturated rings. The van der Waals surface area contributed by atoms with Crippen LogP contribution in [0.2, 0.25) is 0 Å². The van der Waals surface area contributed by atoms with Crippen LogP contribution in [0.5, 0.6) is 11.5 Å². The summed E-state index contributed by atoms with van der Waals surface area (Å²) in [5, 5.41) is 3.29. The summed E-state index contributed by atoms with van der Waals surface area (Å²) in [6.07, 6.45) is 0. The van der Waals surface area contributed by atoms with Gasteiger partial charge in [0, 0.05) is 38.3 Å². The van der Waals surface area contributed by atoms with Gasteiger partial charge in [-0.2, -0.15) is 0 Å². The van der Waals surface area contributed by atoms with Gasteiger partial charge < -0.3 is 19.7 Å². The molecule has 0 spiro atoms. The van der Waals surface area contributed by atoms with Crippen LogP contribution in [-0.2, 0) is 10.0 Å². The quantitative estimate of drug-likeness (QED) is 0.834. The van der Waals surface area contributed by atoms with Gasteiger partial charge in [-0.15, -0.1) is 0 Å². The Morgan fingerprint density at radius 3 is 2.54 bits per heavy atom. The van der Waals surface area contributed by atoms with Crippen molar-refractivity contribution in [3.05, 3.63) is 42.2 Å². The lowest BCUT2D eigenvalue weighted by Crippen LogP contribution is -2.44. The predicted octanol–water partition coefficient (Wildman–Crippen LogP) is 1.83. The minimum Gasteiger partial charge on any atom is -0.497 e. The molecule has 1 saturated heterocycles. The van der Waals surface area contributed by atoms with E-state index in [4.69, 9.17) is 9.47 Å². The van der Waals surface area contributed by atoms with E-state index in [1.807, 2.05) is 6.07 Å². The summed E-state index contributed by atoms with van der Waals surface area (Å²) in [6.45, 7) is 3.46. The summed E-state index contributed by atoms with van der Waals surface area (Å²) in [6, 6.07) is 8.87. The second-order valence-electron chi connectivity index (χ2n) is 6.59. The molecule has 0 bridgehead atoms. The number of nitrogens with one attached hydrogen (secondary N) is 1. The topological polar surface area (TPSA) is 71.1 Å². The molecule has 2 aromatic carbocycles. The molecule has 0 aliphatic carbocycles. The molecule has 1 N–H and O–H groups in total. The number of halogens is 1. The van der Waals surface area contributed by atoms with Crippen LogP contribution in [0.3, 0.4) is 0 Å². The van der Waals surface area contributed by atoms with Crippen molar-refractivity contribution in [3.8, 4) is 11.5 Å². The first-order chi connectivity index (χ1) is 13.5. The Balaban J connectivity index is 1.84. The van der Waals surface area contributed by atoms with Gasteiger partial charge in [-0.1, -0.05) is 12.1 Å². The predicted molar refractivity (Wildman–Crippen MR) is 105 cm³/mol. The number of methoxy groups -OCH3 is 1. The minimum atomic E-state index is -4.09. The lowest BCUT2D eigenvalue weighted by Gasteiger charge is -2.36. The van der Waals surface area contributed by atoms with E-state index in [0.29, 0.717) is 17.2 Å². The summed E-state index contributed by atoms with van der Waals surface area (Å²) in [5.74, 6) is 0.223. The smallest absolute Gasteiger partial charge is 0.267 e. The SMILES string of the molecule is COc1cc(N2CCNCC2)c2c(c1)N(S(=O)(=O)c1ccccc1F)CCO2. The Bertz CT molecular complexity index is 977. The molecule has 0 unspecified atom stereocenters. The number of ether oxygens (including phenoxy) is 2. The maximum absolute atomic E-state index is 14.3. The number of benzene rings is 2. The lowest BCUT2D eigenvalue weighted by atomic mass is 10.1. The molecule has 2 aliphatic heterocycles. The second-order valence-corrected chi connectivity index (χ2v) is 8.42. The zero-order valence-corrected chi connectivity index (χ0v) is 16.3. The number of hydrogen-bond acceptors (Lipinski definition) is 6. The third-order valence-electron chi connectivity index (χ3n) is 4.93. The first kappa shape index (κ1) is 18.8. The number of fused-ring (bicyclic) bond motifs is 1. The first-order valence-electron chi connectivity index (χ1n) is 9.10. The van der Waals surface area contributed by atoms with Gasteiger partial charge in [0.1, 0.15) is 23.1 Å². The van der Waals surface area contributed by atoms with Crippen molar-refractivity contribution in [1.82, 2.24) is 5.32 Å². The van der Waals surface area contributed by atoms with E-state index in [9.17, 15) is 12.8 Å². The van der Waals surface area contributed by atoms with E-state index < -0.39 is 15.8 Å². The minimum absolute atomic E-state index is 0.0951. The number of piperazine rings is 1. The van der Waals surface area contributed by atoms with Crippen LogP contribution < -0.4 is 24.0 Å². The molecule has 0 atom stereocenters. The van der Waals surface area contributed by atoms with Crippen molar-refractivity contribution in [2.24, 2.45) is 0 Å². The monoisotopic (exact) mass is 407 g/mol. The van der Waals surface area contributed by atoms with Crippen molar-refractivity contribution in [3.63, 3.8) is 0 Å². The van der Waals surface area contributed by atoms with E-state index in [0.717, 1.165) is 37.9 Å². The molecule has 2 aromatic rings. The Hall–Kier alpha value is -2.52. The number of hydrogen-bond donors (Lipinski definition) is 1. The molecular formula is C19H22FN3O4S. The fourth-order valence-corrected chi connectivity index (χ4v) is 5.05. The van der Waals surface area contributed by atoms with Crippen molar-refractivity contribution >= 4 is 21.4 Å². The van der Waals surface area contributed by atoms with Crippen LogP contribution in [0.15, 0.2) is 41.3 Å². The van der Waals surface area contributed by atoms with Crippen molar-refractivity contribution in [2.45, 2.75) is 4.90 Å². The second kappa shape index (κ2) is 7.48. The van der Waals surface area contributed by atoms with E-state index in [1.165, 1.54) is 29.6 Å². The highest BCUT2D eigenvalue weighted by Crippen LogP contribution is 2.45. The van der Waals surface area contributed by atoms with E-state index >= 15 is 0 Å². The number of sulfonamides is 1. The summed E-state index contributed by atoms with van der Waals surface area (Å²) in [4.78, 5) is 1.78. The number of anilines is 2. The highest BCUT2D eigenvalue weighted by Gasteiger charge is 2.34. The molecule has 4 rings (SSSR count). The summed E-state index contributed by atoms with van der Waals surface area (Å²) in [5.41, 5.74) is 1.15. The molecule has 0 amide bonds. The van der Waals surface area contributed by atoms with E-state index in [-0.39, 0.29) is 18.0 Å². The van der Waals surface area contributed by atoms with E-state index in [2.05, 4.69) is 10.2 Å². The summed E-state index contributed by atoms with van der Waals surface area (Å²) >= 11 is 0. The zero-order chi connectivity index (χ0) is 19.7. The molecule has 0 aromatic heterocycles. The summed E-state index contributed by atoms with van der Waals surface area (Å²) in [7, 11) is -2.56. The fraction of sp³-hybridized carbons (Fsp3) is 0.368. The third-order valence-corrected chi connectivity index (χ3v) is 6.78. The van der Waals surface area contributed by atoms with Crippen molar-refractivity contribution in [1.29, 1.82) is 0 Å². The normalized spacial score (nSPS) is 17.1. The molecule has 7 nitrogen and oxygen atoms in total. The standard InChI is InChI=1S/C19H22FN3O4S/c1-26-14-12-16(22-8-6-21-7-9-22)19-17(13-14)23(10-11-27-19)28(24,25)18-5-3-2-4-15(18)20/h2-5,12-13,21H,6-11H2,1H3. The maximum atomic E-state index is 14.3. The molecular weight excluding hydrogens is 385 g/mol. The molecule has 2 heterocycles. The van der Waals surface area contributed by atoms with Crippen LogP contribution in [0.1, 0.15) is 0 Å². The lowest BCUT2D eigenvalue weighted by molar-refractivity contribution is 0.314. The molecule has 0 saturated carbocycles. The molecule has 0 radical (unpaired) electrons. The molecule has 9 heteroatoms. The van der Waals surface area contributed by atoms with Crippen LogP contribution >= 0.6 is 0 Å². The number of rotatable bonds is 4. The average Bonchev–Trinajstić information content (AvgIpc) is 2.73. The van der Waals surface area contributed by atoms with Gasteiger partial charge in [0.2, 0.25) is 0 Å². The van der Waals surface area contributed by atoms with Gasteiger partial charge in [0.15, 0.2) is 5.75 Å².